The number of hydroxylamine groups is 3. The maximum Gasteiger partial charge on any atom is 0.342 e. The number of hydrogen-bond acceptors (Lipinski definition) is 4. The number of piperidine rings is 1. The van der Waals surface area contributed by atoms with E-state index in [2.05, 4.69) is 0 Å². The van der Waals surface area contributed by atoms with Crippen molar-refractivity contribution < 1.29 is 22.1 Å². The van der Waals surface area contributed by atoms with Crippen molar-refractivity contribution in [2.24, 2.45) is 0 Å². The summed E-state index contributed by atoms with van der Waals surface area (Å²) in [7, 11) is -3.81. The number of Topliss-reactive ketones (excluding diaryl/α,β-unsaturated/α-hetero) is 1. The number of rotatable bonds is 5. The van der Waals surface area contributed by atoms with Gasteiger partial charge in [0.05, 0.1) is 17.7 Å². The minimum atomic E-state index is -3.81. The Labute approximate surface area is 126 Å². The van der Waals surface area contributed by atoms with Gasteiger partial charge in [-0.3, -0.25) is 4.79 Å². The average molecular weight is 312 g/mol. The SMILES string of the molecule is CCC[N+]1(OS(=O)(=O)c2ccc(C)cc2)CCC(=O)CC1. The molecule has 116 valence electrons. The van der Waals surface area contributed by atoms with E-state index in [1.54, 1.807) is 24.3 Å². The second kappa shape index (κ2) is 6.25. The van der Waals surface area contributed by atoms with Crippen molar-refractivity contribution >= 4 is 15.9 Å². The van der Waals surface area contributed by atoms with Crippen LogP contribution in [0.25, 0.3) is 0 Å². The molecule has 1 heterocycles. The molecule has 0 atom stereocenters. The van der Waals surface area contributed by atoms with Gasteiger partial charge in [-0.05, 0) is 25.5 Å². The average Bonchev–Trinajstić information content (AvgIpc) is 2.43. The van der Waals surface area contributed by atoms with Crippen LogP contribution < -0.4 is 0 Å². The van der Waals surface area contributed by atoms with Crippen LogP contribution in [0.5, 0.6) is 0 Å². The predicted molar refractivity (Wildman–Crippen MR) is 78.8 cm³/mol. The Morgan fingerprint density at radius 2 is 1.71 bits per heavy atom. The molecular weight excluding hydrogens is 290 g/mol. The molecule has 0 amide bonds. The lowest BCUT2D eigenvalue weighted by Gasteiger charge is -2.36. The first-order chi connectivity index (χ1) is 9.87. The first kappa shape index (κ1) is 16.1. The lowest BCUT2D eigenvalue weighted by molar-refractivity contribution is -1.08. The van der Waals surface area contributed by atoms with Crippen LogP contribution in [0.2, 0.25) is 0 Å². The number of ketones is 1. The molecule has 1 aliphatic rings. The maximum atomic E-state index is 12.5. The van der Waals surface area contributed by atoms with Crippen LogP contribution in [0.4, 0.5) is 0 Å². The smallest absolute Gasteiger partial charge is 0.299 e. The summed E-state index contributed by atoms with van der Waals surface area (Å²) in [4.78, 5) is 11.6. The van der Waals surface area contributed by atoms with Gasteiger partial charge in [-0.2, -0.15) is 13.1 Å². The fraction of sp³-hybridized carbons (Fsp3) is 0.533. The van der Waals surface area contributed by atoms with Gasteiger partial charge < -0.3 is 0 Å². The van der Waals surface area contributed by atoms with Crippen molar-refractivity contribution in [2.45, 2.75) is 38.0 Å². The molecule has 2 rings (SSSR count). The Morgan fingerprint density at radius 3 is 2.24 bits per heavy atom. The largest absolute Gasteiger partial charge is 0.342 e. The molecule has 1 aromatic rings. The predicted octanol–water partition coefficient (Wildman–Crippen LogP) is 2.21. The molecule has 1 fully saturated rings. The van der Waals surface area contributed by atoms with Gasteiger partial charge in [-0.25, -0.2) is 0 Å². The van der Waals surface area contributed by atoms with Crippen LogP contribution in [0.1, 0.15) is 31.7 Å². The highest BCUT2D eigenvalue weighted by Crippen LogP contribution is 2.24. The van der Waals surface area contributed by atoms with Gasteiger partial charge in [0.1, 0.15) is 25.4 Å². The van der Waals surface area contributed by atoms with E-state index in [4.69, 9.17) is 4.28 Å². The molecule has 0 N–H and O–H groups in total. The number of carbonyl (C=O) groups excluding carboxylic acids is 1. The number of quaternary nitrogens is 1. The quantitative estimate of drug-likeness (QED) is 0.782. The van der Waals surface area contributed by atoms with E-state index in [9.17, 15) is 13.2 Å². The fourth-order valence-electron chi connectivity index (χ4n) is 2.59. The maximum absolute atomic E-state index is 12.5. The zero-order valence-electron chi connectivity index (χ0n) is 12.5. The number of hydrogen-bond donors (Lipinski definition) is 0. The molecule has 0 unspecified atom stereocenters. The van der Waals surface area contributed by atoms with Gasteiger partial charge in [0.15, 0.2) is 0 Å². The highest BCUT2D eigenvalue weighted by molar-refractivity contribution is 7.86. The van der Waals surface area contributed by atoms with Gasteiger partial charge in [0.2, 0.25) is 0 Å². The molecular formula is C15H22NO4S+. The van der Waals surface area contributed by atoms with Crippen molar-refractivity contribution in [3.8, 4) is 0 Å². The van der Waals surface area contributed by atoms with Crippen molar-refractivity contribution in [2.75, 3.05) is 19.6 Å². The van der Waals surface area contributed by atoms with E-state index in [-0.39, 0.29) is 15.3 Å². The molecule has 1 saturated heterocycles. The molecule has 21 heavy (non-hydrogen) atoms. The van der Waals surface area contributed by atoms with Crippen LogP contribution in [0.3, 0.4) is 0 Å². The molecule has 0 bridgehead atoms. The van der Waals surface area contributed by atoms with E-state index in [0.717, 1.165) is 12.0 Å². The highest BCUT2D eigenvalue weighted by atomic mass is 32.2. The first-order valence-electron chi connectivity index (χ1n) is 7.28. The third-order valence-corrected chi connectivity index (χ3v) is 5.16. The van der Waals surface area contributed by atoms with Crippen molar-refractivity contribution in [1.29, 1.82) is 0 Å². The summed E-state index contributed by atoms with van der Waals surface area (Å²) in [6.07, 6.45) is 1.56. The van der Waals surface area contributed by atoms with Gasteiger partial charge in [-0.15, -0.1) is 0 Å². The Morgan fingerprint density at radius 1 is 1.14 bits per heavy atom. The van der Waals surface area contributed by atoms with Crippen LogP contribution in [-0.4, -0.2) is 38.5 Å². The number of carbonyl (C=O) groups is 1. The molecule has 0 spiro atoms. The summed E-state index contributed by atoms with van der Waals surface area (Å²) in [5.74, 6) is 0.177. The minimum Gasteiger partial charge on any atom is -0.299 e. The summed E-state index contributed by atoms with van der Waals surface area (Å²) >= 11 is 0. The molecule has 0 aromatic heterocycles. The molecule has 0 saturated carbocycles. The number of benzene rings is 1. The molecule has 6 heteroatoms. The van der Waals surface area contributed by atoms with Crippen LogP contribution in [-0.2, 0) is 19.2 Å². The lowest BCUT2D eigenvalue weighted by atomic mass is 10.1. The number of likely N-dealkylation sites (tertiary alicyclic amines) is 1. The third-order valence-electron chi connectivity index (χ3n) is 3.79. The standard InChI is InChI=1S/C15H22NO4S/c1-3-10-16(11-8-14(17)9-12-16)20-21(18,19)15-6-4-13(2)5-7-15/h4-7H,3,8-12H2,1-2H3/q+1. The van der Waals surface area contributed by atoms with Gasteiger partial charge >= 0.3 is 10.1 Å². The second-order valence-electron chi connectivity index (χ2n) is 5.61. The third kappa shape index (κ3) is 3.90. The summed E-state index contributed by atoms with van der Waals surface area (Å²) in [5.41, 5.74) is 0.995. The Kier molecular flexibility index (Phi) is 4.81. The van der Waals surface area contributed by atoms with Crippen LogP contribution >= 0.6 is 0 Å². The van der Waals surface area contributed by atoms with E-state index in [1.165, 1.54) is 0 Å². The topological polar surface area (TPSA) is 60.4 Å². The second-order valence-corrected chi connectivity index (χ2v) is 7.14. The zero-order valence-corrected chi connectivity index (χ0v) is 13.4. The molecule has 0 aliphatic carbocycles. The van der Waals surface area contributed by atoms with Crippen LogP contribution in [0.15, 0.2) is 29.2 Å². The summed E-state index contributed by atoms with van der Waals surface area (Å²) < 4.78 is 30.5. The van der Waals surface area contributed by atoms with E-state index in [0.29, 0.717) is 32.5 Å². The van der Waals surface area contributed by atoms with E-state index < -0.39 is 10.1 Å². The molecule has 1 aliphatic heterocycles. The lowest BCUT2D eigenvalue weighted by Crippen LogP contribution is -2.54. The van der Waals surface area contributed by atoms with Gasteiger partial charge in [0.25, 0.3) is 0 Å². The van der Waals surface area contributed by atoms with Crippen molar-refractivity contribution in [3.05, 3.63) is 29.8 Å². The minimum absolute atomic E-state index is 0.0262. The summed E-state index contributed by atoms with van der Waals surface area (Å²) in [6, 6.07) is 6.62. The molecule has 0 radical (unpaired) electrons. The van der Waals surface area contributed by atoms with Crippen LogP contribution in [0, 0.1) is 6.92 Å². The Balaban J connectivity index is 2.23. The highest BCUT2D eigenvalue weighted by Gasteiger charge is 2.39. The normalized spacial score (nSPS) is 18.7. The summed E-state index contributed by atoms with van der Waals surface area (Å²) in [6.45, 7) is 5.34. The Hall–Kier alpha value is -1.24. The van der Waals surface area contributed by atoms with Crippen molar-refractivity contribution in [3.63, 3.8) is 0 Å². The molecule has 5 nitrogen and oxygen atoms in total. The number of aryl methyl sites for hydroxylation is 1. The monoisotopic (exact) mass is 312 g/mol. The van der Waals surface area contributed by atoms with Gasteiger partial charge in [0, 0.05) is 0 Å². The van der Waals surface area contributed by atoms with E-state index >= 15 is 0 Å². The van der Waals surface area contributed by atoms with Crippen molar-refractivity contribution in [1.82, 2.24) is 0 Å². The molecule has 1 aromatic carbocycles. The zero-order chi connectivity index (χ0) is 15.5. The van der Waals surface area contributed by atoms with Gasteiger partial charge in [-0.1, -0.05) is 28.9 Å². The summed E-state index contributed by atoms with van der Waals surface area (Å²) in [5, 5.41) is 0. The number of nitrogens with zero attached hydrogens (tertiary/aromatic N) is 1. The first-order valence-corrected chi connectivity index (χ1v) is 8.68. The Bertz CT molecular complexity index is 597. The van der Waals surface area contributed by atoms with E-state index in [1.807, 2.05) is 13.8 Å². The fourth-order valence-corrected chi connectivity index (χ4v) is 3.79.